The molecule has 1 unspecified atom stereocenters. The van der Waals surface area contributed by atoms with Crippen molar-refractivity contribution in [2.75, 3.05) is 13.2 Å². The van der Waals surface area contributed by atoms with E-state index in [1.807, 2.05) is 36.4 Å². The van der Waals surface area contributed by atoms with Crippen LogP contribution < -0.4 is 4.72 Å². The molecule has 9 heteroatoms. The average molecular weight is 466 g/mol. The first kappa shape index (κ1) is 21.9. The summed E-state index contributed by atoms with van der Waals surface area (Å²) in [5, 5.41) is 15.4. The fourth-order valence-electron chi connectivity index (χ4n) is 4.34. The Morgan fingerprint density at radius 3 is 2.73 bits per heavy atom. The van der Waals surface area contributed by atoms with Gasteiger partial charge in [-0.05, 0) is 37.8 Å². The van der Waals surface area contributed by atoms with Gasteiger partial charge in [0, 0.05) is 35.9 Å². The fraction of sp³-hybridized carbons (Fsp3) is 0.375. The number of aryl methyl sites for hydroxylation is 2. The summed E-state index contributed by atoms with van der Waals surface area (Å²) < 4.78 is 36.4. The maximum absolute atomic E-state index is 13.2. The molecule has 1 fully saturated rings. The molecule has 1 saturated heterocycles. The van der Waals surface area contributed by atoms with Gasteiger partial charge >= 0.3 is 0 Å². The quantitative estimate of drug-likeness (QED) is 0.447. The van der Waals surface area contributed by atoms with Crippen LogP contribution in [0.15, 0.2) is 47.4 Å². The molecule has 1 aliphatic heterocycles. The lowest BCUT2D eigenvalue weighted by molar-refractivity contribution is 0.114. The molecule has 33 heavy (non-hydrogen) atoms. The Bertz CT molecular complexity index is 1430. The fourth-order valence-corrected chi connectivity index (χ4v) is 5.67. The van der Waals surface area contributed by atoms with E-state index in [4.69, 9.17) is 9.84 Å². The topological polar surface area (TPSA) is 98.5 Å². The number of benzene rings is 2. The third kappa shape index (κ3) is 4.12. The molecule has 1 N–H and O–H groups in total. The second-order valence-electron chi connectivity index (χ2n) is 8.46. The molecular formula is C24H27N5O3S. The minimum atomic E-state index is -3.70. The number of sulfonamides is 1. The van der Waals surface area contributed by atoms with Crippen LogP contribution in [0, 0.1) is 6.92 Å². The van der Waals surface area contributed by atoms with Crippen molar-refractivity contribution in [1.82, 2.24) is 24.5 Å². The summed E-state index contributed by atoms with van der Waals surface area (Å²) in [6.07, 6.45) is 3.45. The van der Waals surface area contributed by atoms with Gasteiger partial charge in [-0.15, -0.1) is 10.2 Å². The SMILES string of the molecule is CCCc1nnc2c3ccccc3c(-c3ccc(C)c(S(=O)(=O)NCC4CCCO4)c3)nn12. The van der Waals surface area contributed by atoms with Crippen molar-refractivity contribution in [2.24, 2.45) is 0 Å². The summed E-state index contributed by atoms with van der Waals surface area (Å²) >= 11 is 0. The van der Waals surface area contributed by atoms with Crippen molar-refractivity contribution in [3.8, 4) is 11.3 Å². The molecule has 0 aliphatic carbocycles. The van der Waals surface area contributed by atoms with Gasteiger partial charge in [-0.2, -0.15) is 9.61 Å². The highest BCUT2D eigenvalue weighted by molar-refractivity contribution is 7.89. The van der Waals surface area contributed by atoms with Crippen molar-refractivity contribution in [3.63, 3.8) is 0 Å². The summed E-state index contributed by atoms with van der Waals surface area (Å²) in [5.41, 5.74) is 2.81. The van der Waals surface area contributed by atoms with Gasteiger partial charge < -0.3 is 4.74 Å². The van der Waals surface area contributed by atoms with E-state index < -0.39 is 10.0 Å². The lowest BCUT2D eigenvalue weighted by atomic mass is 10.0. The lowest BCUT2D eigenvalue weighted by Crippen LogP contribution is -2.32. The van der Waals surface area contributed by atoms with Gasteiger partial charge in [0.2, 0.25) is 10.0 Å². The Kier molecular flexibility index (Phi) is 5.86. The predicted molar refractivity (Wildman–Crippen MR) is 127 cm³/mol. The van der Waals surface area contributed by atoms with E-state index in [1.165, 1.54) is 0 Å². The number of nitrogens with zero attached hydrogens (tertiary/aromatic N) is 4. The normalized spacial score (nSPS) is 16.7. The van der Waals surface area contributed by atoms with E-state index in [2.05, 4.69) is 21.8 Å². The maximum Gasteiger partial charge on any atom is 0.240 e. The molecule has 172 valence electrons. The van der Waals surface area contributed by atoms with Crippen LogP contribution in [0.1, 0.15) is 37.6 Å². The summed E-state index contributed by atoms with van der Waals surface area (Å²) in [7, 11) is -3.70. The predicted octanol–water partition coefficient (Wildman–Crippen LogP) is 3.66. The first-order chi connectivity index (χ1) is 16.0. The number of ether oxygens (including phenoxy) is 1. The van der Waals surface area contributed by atoms with Gasteiger partial charge in [0.15, 0.2) is 11.5 Å². The third-order valence-electron chi connectivity index (χ3n) is 6.08. The summed E-state index contributed by atoms with van der Waals surface area (Å²) in [6, 6.07) is 13.3. The number of fused-ring (bicyclic) bond motifs is 3. The largest absolute Gasteiger partial charge is 0.377 e. The first-order valence-electron chi connectivity index (χ1n) is 11.3. The van der Waals surface area contributed by atoms with Crippen LogP contribution in [0.5, 0.6) is 0 Å². The molecule has 0 amide bonds. The summed E-state index contributed by atoms with van der Waals surface area (Å²) in [5.74, 6) is 0.790. The molecule has 5 rings (SSSR count). The van der Waals surface area contributed by atoms with Crippen molar-refractivity contribution >= 4 is 26.4 Å². The van der Waals surface area contributed by atoms with E-state index >= 15 is 0 Å². The standard InChI is InChI=1S/C24H27N5O3S/c1-3-7-22-26-27-24-20-10-5-4-9-19(20)23(28-29(22)24)17-12-11-16(2)21(14-17)33(30,31)25-15-18-8-6-13-32-18/h4-5,9-12,14,18,25H,3,6-8,13,15H2,1-2H3. The van der Waals surface area contributed by atoms with Crippen molar-refractivity contribution < 1.29 is 13.2 Å². The van der Waals surface area contributed by atoms with Gasteiger partial charge in [-0.25, -0.2) is 13.1 Å². The molecule has 2 aromatic heterocycles. The highest BCUT2D eigenvalue weighted by Crippen LogP contribution is 2.31. The molecule has 1 aliphatic rings. The Morgan fingerprint density at radius 2 is 1.97 bits per heavy atom. The van der Waals surface area contributed by atoms with Crippen LogP contribution in [0.25, 0.3) is 27.7 Å². The van der Waals surface area contributed by atoms with Crippen LogP contribution in [0.4, 0.5) is 0 Å². The Balaban J connectivity index is 1.61. The van der Waals surface area contributed by atoms with Gasteiger partial charge in [0.05, 0.1) is 16.7 Å². The number of nitrogens with one attached hydrogen (secondary N) is 1. The molecule has 2 aromatic carbocycles. The Hall–Kier alpha value is -2.88. The van der Waals surface area contributed by atoms with E-state index in [0.29, 0.717) is 23.5 Å². The van der Waals surface area contributed by atoms with Crippen LogP contribution in [-0.4, -0.2) is 47.5 Å². The summed E-state index contributed by atoms with van der Waals surface area (Å²) in [6.45, 7) is 4.85. The van der Waals surface area contributed by atoms with Gasteiger partial charge in [-0.3, -0.25) is 0 Å². The van der Waals surface area contributed by atoms with E-state index in [9.17, 15) is 8.42 Å². The van der Waals surface area contributed by atoms with Gasteiger partial charge in [0.1, 0.15) is 0 Å². The number of rotatable bonds is 7. The third-order valence-corrected chi connectivity index (χ3v) is 7.64. The Morgan fingerprint density at radius 1 is 1.15 bits per heavy atom. The number of aromatic nitrogens is 4. The van der Waals surface area contributed by atoms with E-state index in [1.54, 1.807) is 17.5 Å². The van der Waals surface area contributed by atoms with Crippen LogP contribution in [0.2, 0.25) is 0 Å². The van der Waals surface area contributed by atoms with Crippen molar-refractivity contribution in [1.29, 1.82) is 0 Å². The average Bonchev–Trinajstić information content (AvgIpc) is 3.48. The van der Waals surface area contributed by atoms with Crippen molar-refractivity contribution in [2.45, 2.75) is 50.5 Å². The first-order valence-corrected chi connectivity index (χ1v) is 12.8. The van der Waals surface area contributed by atoms with E-state index in [0.717, 1.165) is 47.8 Å². The maximum atomic E-state index is 13.2. The minimum Gasteiger partial charge on any atom is -0.377 e. The molecule has 1 atom stereocenters. The molecule has 8 nitrogen and oxygen atoms in total. The zero-order valence-corrected chi connectivity index (χ0v) is 19.6. The highest BCUT2D eigenvalue weighted by atomic mass is 32.2. The van der Waals surface area contributed by atoms with Crippen molar-refractivity contribution in [3.05, 3.63) is 53.9 Å². The zero-order valence-electron chi connectivity index (χ0n) is 18.8. The molecule has 0 spiro atoms. The van der Waals surface area contributed by atoms with E-state index in [-0.39, 0.29) is 17.5 Å². The van der Waals surface area contributed by atoms with Crippen LogP contribution >= 0.6 is 0 Å². The number of hydrogen-bond donors (Lipinski definition) is 1. The molecule has 0 bridgehead atoms. The highest BCUT2D eigenvalue weighted by Gasteiger charge is 2.23. The minimum absolute atomic E-state index is 0.0676. The van der Waals surface area contributed by atoms with Crippen LogP contribution in [-0.2, 0) is 21.2 Å². The van der Waals surface area contributed by atoms with Gasteiger partial charge in [0.25, 0.3) is 0 Å². The summed E-state index contributed by atoms with van der Waals surface area (Å²) in [4.78, 5) is 0.251. The zero-order chi connectivity index (χ0) is 23.0. The monoisotopic (exact) mass is 465 g/mol. The second-order valence-corrected chi connectivity index (χ2v) is 10.2. The second kappa shape index (κ2) is 8.81. The molecule has 0 radical (unpaired) electrons. The lowest BCUT2D eigenvalue weighted by Gasteiger charge is -2.14. The number of hydrogen-bond acceptors (Lipinski definition) is 6. The van der Waals surface area contributed by atoms with Gasteiger partial charge in [-0.1, -0.05) is 43.3 Å². The molecule has 3 heterocycles. The smallest absolute Gasteiger partial charge is 0.240 e. The molecular weight excluding hydrogens is 438 g/mol. The molecule has 0 saturated carbocycles. The van der Waals surface area contributed by atoms with Crippen LogP contribution in [0.3, 0.4) is 0 Å². The molecule has 4 aromatic rings. The Labute approximate surface area is 193 Å².